The number of hydrogen-bond donors (Lipinski definition) is 0. The molecule has 0 amide bonds. The molecule has 2 aliphatic heterocycles. The summed E-state index contributed by atoms with van der Waals surface area (Å²) < 4.78 is 11.5. The Kier molecular flexibility index (Phi) is 4.92. The minimum atomic E-state index is -0.308. The van der Waals surface area contributed by atoms with Gasteiger partial charge in [-0.15, -0.1) is 0 Å². The lowest BCUT2D eigenvalue weighted by Crippen LogP contribution is -2.43. The maximum atomic E-state index is 12.7. The van der Waals surface area contributed by atoms with Crippen molar-refractivity contribution in [3.8, 4) is 5.75 Å². The first-order valence-electron chi connectivity index (χ1n) is 10.00. The van der Waals surface area contributed by atoms with Crippen LogP contribution in [0.5, 0.6) is 5.75 Å². The molecule has 2 bridgehead atoms. The zero-order valence-electron chi connectivity index (χ0n) is 15.7. The first-order valence-corrected chi connectivity index (χ1v) is 10.00. The number of esters is 1. The van der Waals surface area contributed by atoms with Gasteiger partial charge in [-0.05, 0) is 49.5 Å². The fraction of sp³-hybridized carbons (Fsp3) is 0.591. The minimum Gasteiger partial charge on any atom is -0.497 e. The summed E-state index contributed by atoms with van der Waals surface area (Å²) in [5, 5.41) is 0. The molecule has 2 heterocycles. The van der Waals surface area contributed by atoms with Crippen LogP contribution in [0.3, 0.4) is 0 Å². The first kappa shape index (κ1) is 17.4. The van der Waals surface area contributed by atoms with Crippen LogP contribution in [0.4, 0.5) is 0 Å². The van der Waals surface area contributed by atoms with E-state index in [1.165, 1.54) is 25.0 Å². The summed E-state index contributed by atoms with van der Waals surface area (Å²) in [7, 11) is 1.69. The van der Waals surface area contributed by atoms with Gasteiger partial charge in [-0.1, -0.05) is 31.4 Å². The molecule has 1 aromatic carbocycles. The van der Waals surface area contributed by atoms with Crippen LogP contribution in [0, 0.1) is 5.92 Å². The Bertz CT molecular complexity index is 692. The molecule has 1 atom stereocenters. The number of hydrogen-bond acceptors (Lipinski definition) is 4. The molecular weight excluding hydrogens is 326 g/mol. The topological polar surface area (TPSA) is 38.8 Å². The second kappa shape index (κ2) is 7.34. The Hall–Kier alpha value is -1.97. The summed E-state index contributed by atoms with van der Waals surface area (Å²) in [5.74, 6) is 1.04. The summed E-state index contributed by atoms with van der Waals surface area (Å²) >= 11 is 0. The quantitative estimate of drug-likeness (QED) is 0.751. The van der Waals surface area contributed by atoms with E-state index < -0.39 is 0 Å². The summed E-state index contributed by atoms with van der Waals surface area (Å²) in [6.45, 7) is 1.90. The zero-order chi connectivity index (χ0) is 18.0. The molecule has 1 aromatic rings. The smallest absolute Gasteiger partial charge is 0.309 e. The molecule has 1 aliphatic carbocycles. The van der Waals surface area contributed by atoms with Gasteiger partial charge in [-0.3, -0.25) is 4.79 Å². The van der Waals surface area contributed by atoms with Crippen molar-refractivity contribution in [3.63, 3.8) is 0 Å². The molecule has 4 rings (SSSR count). The van der Waals surface area contributed by atoms with E-state index in [-0.39, 0.29) is 17.5 Å². The third-order valence-corrected chi connectivity index (χ3v) is 6.13. The molecule has 0 N–H and O–H groups in total. The summed E-state index contributed by atoms with van der Waals surface area (Å²) in [4.78, 5) is 15.1. The van der Waals surface area contributed by atoms with Gasteiger partial charge in [0.1, 0.15) is 11.4 Å². The zero-order valence-corrected chi connectivity index (χ0v) is 15.7. The largest absolute Gasteiger partial charge is 0.497 e. The average molecular weight is 355 g/mol. The lowest BCUT2D eigenvalue weighted by atomic mass is 9.88. The number of methoxy groups -OCH3 is 1. The van der Waals surface area contributed by atoms with Crippen molar-refractivity contribution >= 4 is 12.0 Å². The fourth-order valence-electron chi connectivity index (χ4n) is 4.75. The van der Waals surface area contributed by atoms with E-state index in [9.17, 15) is 4.79 Å². The lowest BCUT2D eigenvalue weighted by Gasteiger charge is -2.35. The van der Waals surface area contributed by atoms with Crippen molar-refractivity contribution in [2.75, 3.05) is 20.2 Å². The van der Waals surface area contributed by atoms with Gasteiger partial charge in [0.2, 0.25) is 0 Å². The second-order valence-electron chi connectivity index (χ2n) is 8.05. The molecule has 4 heteroatoms. The Morgan fingerprint density at radius 2 is 2.08 bits per heavy atom. The number of carbonyl (C=O) groups is 1. The van der Waals surface area contributed by atoms with E-state index in [4.69, 9.17) is 9.47 Å². The number of fused-ring (bicyclic) bond motifs is 2. The molecule has 3 aliphatic rings. The van der Waals surface area contributed by atoms with Crippen LogP contribution >= 0.6 is 0 Å². The number of nitrogens with zero attached hydrogens (tertiary/aromatic N) is 1. The van der Waals surface area contributed by atoms with Gasteiger partial charge < -0.3 is 14.4 Å². The van der Waals surface area contributed by atoms with Crippen LogP contribution in [-0.4, -0.2) is 36.7 Å². The molecule has 3 fully saturated rings. The standard InChI is InChI=1S/C22H29NO3/c1-25-20-10-5-7-17(14-20)13-19-15-22(11-6-12-23(19)16-22)26-21(24)18-8-3-2-4-9-18/h5,7,10,13-14,18H,2-4,6,8-9,11-12,15-16H2,1H3/b19-13+. The predicted octanol–water partition coefficient (Wildman–Crippen LogP) is 4.40. The highest BCUT2D eigenvalue weighted by Gasteiger charge is 2.47. The summed E-state index contributed by atoms with van der Waals surface area (Å²) in [5.41, 5.74) is 2.12. The summed E-state index contributed by atoms with van der Waals surface area (Å²) in [6, 6.07) is 8.13. The molecule has 0 spiro atoms. The maximum Gasteiger partial charge on any atom is 0.309 e. The molecule has 140 valence electrons. The van der Waals surface area contributed by atoms with E-state index in [2.05, 4.69) is 23.1 Å². The Balaban J connectivity index is 1.50. The van der Waals surface area contributed by atoms with Gasteiger partial charge in [0.25, 0.3) is 0 Å². The average Bonchev–Trinajstić information content (AvgIpc) is 2.91. The fourth-order valence-corrected chi connectivity index (χ4v) is 4.75. The van der Waals surface area contributed by atoms with Gasteiger partial charge in [-0.25, -0.2) is 0 Å². The Morgan fingerprint density at radius 3 is 2.88 bits per heavy atom. The van der Waals surface area contributed by atoms with E-state index in [0.29, 0.717) is 0 Å². The lowest BCUT2D eigenvalue weighted by molar-refractivity contribution is -0.167. The van der Waals surface area contributed by atoms with Crippen molar-refractivity contribution in [3.05, 3.63) is 35.5 Å². The second-order valence-corrected chi connectivity index (χ2v) is 8.05. The monoisotopic (exact) mass is 355 g/mol. The van der Waals surface area contributed by atoms with Crippen molar-refractivity contribution in [1.82, 2.24) is 4.90 Å². The van der Waals surface area contributed by atoms with Crippen LogP contribution < -0.4 is 4.74 Å². The number of rotatable bonds is 4. The van der Waals surface area contributed by atoms with Crippen LogP contribution in [0.2, 0.25) is 0 Å². The van der Waals surface area contributed by atoms with E-state index in [1.807, 2.05) is 12.1 Å². The minimum absolute atomic E-state index is 0.0502. The van der Waals surface area contributed by atoms with E-state index >= 15 is 0 Å². The van der Waals surface area contributed by atoms with Gasteiger partial charge in [-0.2, -0.15) is 0 Å². The SMILES string of the molecule is COc1cccc(/C=C2\CC3(OC(=O)C4CCCCC4)CCCN2C3)c1. The number of benzene rings is 1. The van der Waals surface area contributed by atoms with Gasteiger partial charge in [0.05, 0.1) is 19.6 Å². The highest BCUT2D eigenvalue weighted by atomic mass is 16.6. The molecule has 4 nitrogen and oxygen atoms in total. The number of ether oxygens (including phenoxy) is 2. The van der Waals surface area contributed by atoms with Crippen LogP contribution in [0.1, 0.15) is 56.9 Å². The normalized spacial score (nSPS) is 27.6. The molecular formula is C22H29NO3. The molecule has 1 saturated carbocycles. The van der Waals surface area contributed by atoms with E-state index in [0.717, 1.165) is 56.5 Å². The summed E-state index contributed by atoms with van der Waals surface area (Å²) in [6.07, 6.45) is 10.7. The van der Waals surface area contributed by atoms with Crippen LogP contribution in [0.25, 0.3) is 6.08 Å². The first-order chi connectivity index (χ1) is 12.7. The molecule has 26 heavy (non-hydrogen) atoms. The highest BCUT2D eigenvalue weighted by molar-refractivity contribution is 5.73. The molecule has 1 unspecified atom stereocenters. The third kappa shape index (κ3) is 3.60. The van der Waals surface area contributed by atoms with Gasteiger partial charge >= 0.3 is 5.97 Å². The Labute approximate surface area is 156 Å². The highest BCUT2D eigenvalue weighted by Crippen LogP contribution is 2.42. The van der Waals surface area contributed by atoms with Crippen molar-refractivity contribution in [2.24, 2.45) is 5.92 Å². The third-order valence-electron chi connectivity index (χ3n) is 6.13. The van der Waals surface area contributed by atoms with Gasteiger partial charge in [0.15, 0.2) is 0 Å². The van der Waals surface area contributed by atoms with Crippen LogP contribution in [-0.2, 0) is 9.53 Å². The van der Waals surface area contributed by atoms with Crippen molar-refractivity contribution in [1.29, 1.82) is 0 Å². The molecule has 0 radical (unpaired) electrons. The Morgan fingerprint density at radius 1 is 1.23 bits per heavy atom. The van der Waals surface area contributed by atoms with Crippen LogP contribution in [0.15, 0.2) is 30.0 Å². The van der Waals surface area contributed by atoms with Crippen molar-refractivity contribution < 1.29 is 14.3 Å². The predicted molar refractivity (Wildman–Crippen MR) is 102 cm³/mol. The number of carbonyl (C=O) groups excluding carboxylic acids is 1. The molecule has 0 aromatic heterocycles. The van der Waals surface area contributed by atoms with Crippen molar-refractivity contribution in [2.45, 2.75) is 57.0 Å². The number of piperidine rings is 1. The molecule has 2 saturated heterocycles. The van der Waals surface area contributed by atoms with Gasteiger partial charge in [0, 0.05) is 18.7 Å². The van der Waals surface area contributed by atoms with E-state index in [1.54, 1.807) is 7.11 Å². The maximum absolute atomic E-state index is 12.7.